The number of hydrogen-bond acceptors (Lipinski definition) is 4. The number of amides is 1. The molecule has 140 valence electrons. The molecule has 2 aromatic carbocycles. The highest BCUT2D eigenvalue weighted by Gasteiger charge is 2.31. The Bertz CT molecular complexity index is 843. The molecule has 0 unspecified atom stereocenters. The number of hydrogen-bond donors (Lipinski definition) is 1. The van der Waals surface area contributed by atoms with Crippen molar-refractivity contribution in [3.63, 3.8) is 0 Å². The smallest absolute Gasteiger partial charge is 0.407 e. The van der Waals surface area contributed by atoms with Gasteiger partial charge in [-0.15, -0.1) is 0 Å². The van der Waals surface area contributed by atoms with Gasteiger partial charge in [0, 0.05) is 0 Å². The first-order valence-electron chi connectivity index (χ1n) is 8.72. The Balaban J connectivity index is 1.76. The van der Waals surface area contributed by atoms with Gasteiger partial charge in [-0.1, -0.05) is 42.5 Å². The molecule has 0 spiro atoms. The SMILES string of the molecule is CCOC(=O)C1=C(c2ccc(OCc3ccccc3)cc2)CN(C(=O)O)C1. The highest BCUT2D eigenvalue weighted by atomic mass is 16.5. The van der Waals surface area contributed by atoms with Gasteiger partial charge in [-0.05, 0) is 35.8 Å². The van der Waals surface area contributed by atoms with Crippen molar-refractivity contribution in [2.75, 3.05) is 19.7 Å². The van der Waals surface area contributed by atoms with Gasteiger partial charge >= 0.3 is 12.1 Å². The second kappa shape index (κ2) is 8.40. The van der Waals surface area contributed by atoms with Crippen molar-refractivity contribution in [3.05, 3.63) is 71.3 Å². The molecule has 0 aromatic heterocycles. The van der Waals surface area contributed by atoms with Crippen LogP contribution in [0.15, 0.2) is 60.2 Å². The summed E-state index contributed by atoms with van der Waals surface area (Å²) in [4.78, 5) is 24.7. The second-order valence-electron chi connectivity index (χ2n) is 6.11. The number of nitrogens with zero attached hydrogens (tertiary/aromatic N) is 1. The molecule has 0 bridgehead atoms. The summed E-state index contributed by atoms with van der Waals surface area (Å²) in [7, 11) is 0. The summed E-state index contributed by atoms with van der Waals surface area (Å²) in [5.74, 6) is 0.231. The molecule has 27 heavy (non-hydrogen) atoms. The maximum atomic E-state index is 12.2. The van der Waals surface area contributed by atoms with Gasteiger partial charge in [0.15, 0.2) is 0 Å². The molecular formula is C21H21NO5. The third kappa shape index (κ3) is 4.47. The average molecular weight is 367 g/mol. The molecule has 6 nitrogen and oxygen atoms in total. The molecule has 6 heteroatoms. The monoisotopic (exact) mass is 367 g/mol. The van der Waals surface area contributed by atoms with Gasteiger partial charge in [0.25, 0.3) is 0 Å². The molecule has 1 aliphatic rings. The Hall–Kier alpha value is -3.28. The third-order valence-electron chi connectivity index (χ3n) is 4.31. The van der Waals surface area contributed by atoms with E-state index in [4.69, 9.17) is 9.47 Å². The fraction of sp³-hybridized carbons (Fsp3) is 0.238. The lowest BCUT2D eigenvalue weighted by atomic mass is 10.0. The maximum absolute atomic E-state index is 12.2. The van der Waals surface area contributed by atoms with E-state index in [1.807, 2.05) is 54.6 Å². The molecule has 0 radical (unpaired) electrons. The Morgan fingerprint density at radius 3 is 2.37 bits per heavy atom. The van der Waals surface area contributed by atoms with Crippen LogP contribution < -0.4 is 4.74 Å². The van der Waals surface area contributed by atoms with Crippen molar-refractivity contribution in [1.82, 2.24) is 4.90 Å². The minimum atomic E-state index is -1.06. The number of esters is 1. The van der Waals surface area contributed by atoms with Gasteiger partial charge in [0.1, 0.15) is 12.4 Å². The van der Waals surface area contributed by atoms with E-state index in [9.17, 15) is 14.7 Å². The normalized spacial score (nSPS) is 13.6. The molecule has 1 aliphatic heterocycles. The Labute approximate surface area is 157 Å². The average Bonchev–Trinajstić information content (AvgIpc) is 3.14. The van der Waals surface area contributed by atoms with Crippen molar-refractivity contribution in [1.29, 1.82) is 0 Å². The van der Waals surface area contributed by atoms with E-state index in [1.54, 1.807) is 6.92 Å². The highest BCUT2D eigenvalue weighted by Crippen LogP contribution is 2.29. The Morgan fingerprint density at radius 1 is 1.04 bits per heavy atom. The van der Waals surface area contributed by atoms with Crippen LogP contribution in [0.4, 0.5) is 4.79 Å². The van der Waals surface area contributed by atoms with Crippen LogP contribution in [0.25, 0.3) is 5.57 Å². The number of carbonyl (C=O) groups is 2. The lowest BCUT2D eigenvalue weighted by Crippen LogP contribution is -2.28. The maximum Gasteiger partial charge on any atom is 0.407 e. The molecule has 1 N–H and O–H groups in total. The lowest BCUT2D eigenvalue weighted by Gasteiger charge is -2.11. The van der Waals surface area contributed by atoms with E-state index < -0.39 is 12.1 Å². The Morgan fingerprint density at radius 2 is 1.74 bits per heavy atom. The quantitative estimate of drug-likeness (QED) is 0.790. The van der Waals surface area contributed by atoms with E-state index >= 15 is 0 Å². The first-order chi connectivity index (χ1) is 13.1. The van der Waals surface area contributed by atoms with Crippen LogP contribution in [0.1, 0.15) is 18.1 Å². The molecule has 0 saturated heterocycles. The minimum absolute atomic E-state index is 0.0375. The van der Waals surface area contributed by atoms with Crippen LogP contribution in [0, 0.1) is 0 Å². The van der Waals surface area contributed by atoms with Gasteiger partial charge in [-0.25, -0.2) is 9.59 Å². The van der Waals surface area contributed by atoms with E-state index in [2.05, 4.69) is 0 Å². The second-order valence-corrected chi connectivity index (χ2v) is 6.11. The van der Waals surface area contributed by atoms with Crippen molar-refractivity contribution >= 4 is 17.6 Å². The zero-order valence-electron chi connectivity index (χ0n) is 15.1. The number of ether oxygens (including phenoxy) is 2. The van der Waals surface area contributed by atoms with Crippen molar-refractivity contribution in [2.45, 2.75) is 13.5 Å². The first kappa shape index (κ1) is 18.5. The van der Waals surface area contributed by atoms with Gasteiger partial charge in [-0.3, -0.25) is 4.90 Å². The van der Waals surface area contributed by atoms with Crippen LogP contribution in [-0.4, -0.2) is 41.8 Å². The van der Waals surface area contributed by atoms with Crippen LogP contribution in [-0.2, 0) is 16.1 Å². The zero-order chi connectivity index (χ0) is 19.2. The molecular weight excluding hydrogens is 346 g/mol. The molecule has 1 amide bonds. The summed E-state index contributed by atoms with van der Waals surface area (Å²) in [6, 6.07) is 17.1. The number of benzene rings is 2. The molecule has 1 heterocycles. The molecule has 0 atom stereocenters. The molecule has 0 saturated carbocycles. The highest BCUT2D eigenvalue weighted by molar-refractivity contribution is 6.01. The summed E-state index contributed by atoms with van der Waals surface area (Å²) in [6.45, 7) is 2.63. The zero-order valence-corrected chi connectivity index (χ0v) is 15.1. The third-order valence-corrected chi connectivity index (χ3v) is 4.31. The summed E-state index contributed by atoms with van der Waals surface area (Å²) in [5, 5.41) is 9.26. The van der Waals surface area contributed by atoms with E-state index in [-0.39, 0.29) is 19.7 Å². The first-order valence-corrected chi connectivity index (χ1v) is 8.72. The number of carbonyl (C=O) groups excluding carboxylic acids is 1. The van der Waals surface area contributed by atoms with Crippen LogP contribution in [0.5, 0.6) is 5.75 Å². The van der Waals surface area contributed by atoms with E-state index in [0.29, 0.717) is 23.5 Å². The molecule has 3 rings (SSSR count). The van der Waals surface area contributed by atoms with Gasteiger partial charge in [-0.2, -0.15) is 0 Å². The fourth-order valence-corrected chi connectivity index (χ4v) is 2.93. The number of rotatable bonds is 6. The van der Waals surface area contributed by atoms with Crippen LogP contribution in [0.3, 0.4) is 0 Å². The minimum Gasteiger partial charge on any atom is -0.489 e. The largest absolute Gasteiger partial charge is 0.489 e. The molecule has 0 aliphatic carbocycles. The standard InChI is InChI=1S/C21H21NO5/c1-2-26-20(23)19-13-22(21(24)25)12-18(19)16-8-10-17(11-9-16)27-14-15-6-4-3-5-7-15/h3-11H,2,12-14H2,1H3,(H,24,25). The van der Waals surface area contributed by atoms with Crippen molar-refractivity contribution in [2.24, 2.45) is 0 Å². The van der Waals surface area contributed by atoms with Gasteiger partial charge < -0.3 is 14.6 Å². The fourth-order valence-electron chi connectivity index (χ4n) is 2.93. The number of carboxylic acid groups (broad SMARTS) is 1. The van der Waals surface area contributed by atoms with Crippen LogP contribution in [0.2, 0.25) is 0 Å². The van der Waals surface area contributed by atoms with Gasteiger partial charge in [0.2, 0.25) is 0 Å². The summed E-state index contributed by atoms with van der Waals surface area (Å²) in [5.41, 5.74) is 2.92. The van der Waals surface area contributed by atoms with E-state index in [1.165, 1.54) is 4.90 Å². The summed E-state index contributed by atoms with van der Waals surface area (Å²) >= 11 is 0. The predicted octanol–water partition coefficient (Wildman–Crippen LogP) is 3.58. The van der Waals surface area contributed by atoms with Crippen molar-refractivity contribution < 1.29 is 24.2 Å². The summed E-state index contributed by atoms with van der Waals surface area (Å²) in [6.07, 6.45) is -1.06. The van der Waals surface area contributed by atoms with Gasteiger partial charge in [0.05, 0.1) is 25.3 Å². The van der Waals surface area contributed by atoms with Crippen LogP contribution >= 0.6 is 0 Å². The lowest BCUT2D eigenvalue weighted by molar-refractivity contribution is -0.138. The van der Waals surface area contributed by atoms with Crippen molar-refractivity contribution in [3.8, 4) is 5.75 Å². The molecule has 0 fully saturated rings. The Kier molecular flexibility index (Phi) is 5.76. The topological polar surface area (TPSA) is 76.1 Å². The van der Waals surface area contributed by atoms with E-state index in [0.717, 1.165) is 11.1 Å². The summed E-state index contributed by atoms with van der Waals surface area (Å²) < 4.78 is 10.8. The predicted molar refractivity (Wildman–Crippen MR) is 100 cm³/mol. The molecule has 2 aromatic rings.